The molecule has 4 N–H and O–H groups in total. The molecule has 0 aliphatic heterocycles. The SMILES string of the molecule is Cc1cc(Cl)ccc1Oc1cnc(N)nc1NCCO. The van der Waals surface area contributed by atoms with Crippen molar-refractivity contribution in [1.82, 2.24) is 9.97 Å². The Balaban J connectivity index is 2.27. The van der Waals surface area contributed by atoms with E-state index in [1.54, 1.807) is 18.2 Å². The molecular formula is C13H15ClN4O2. The van der Waals surface area contributed by atoms with Crippen LogP contribution in [0.1, 0.15) is 5.56 Å². The first-order chi connectivity index (χ1) is 9.60. The number of nitrogens with two attached hydrogens (primary N) is 1. The highest BCUT2D eigenvalue weighted by Crippen LogP contribution is 2.30. The number of rotatable bonds is 5. The van der Waals surface area contributed by atoms with Crippen LogP contribution in [-0.2, 0) is 0 Å². The van der Waals surface area contributed by atoms with Crippen molar-refractivity contribution in [3.63, 3.8) is 0 Å². The summed E-state index contributed by atoms with van der Waals surface area (Å²) in [7, 11) is 0. The molecule has 0 atom stereocenters. The van der Waals surface area contributed by atoms with Gasteiger partial charge in [0, 0.05) is 11.6 Å². The standard InChI is InChI=1S/C13H15ClN4O2/c1-8-6-9(14)2-3-10(8)20-11-7-17-13(15)18-12(11)16-4-5-19/h2-3,6-7,19H,4-5H2,1H3,(H3,15,16,17,18). The topological polar surface area (TPSA) is 93.3 Å². The molecule has 0 aliphatic rings. The molecule has 6 nitrogen and oxygen atoms in total. The van der Waals surface area contributed by atoms with Crippen molar-refractivity contribution in [1.29, 1.82) is 0 Å². The molecule has 20 heavy (non-hydrogen) atoms. The van der Waals surface area contributed by atoms with E-state index < -0.39 is 0 Å². The van der Waals surface area contributed by atoms with Gasteiger partial charge in [0.05, 0.1) is 12.8 Å². The molecular weight excluding hydrogens is 280 g/mol. The van der Waals surface area contributed by atoms with Gasteiger partial charge in [-0.2, -0.15) is 4.98 Å². The molecule has 0 aliphatic carbocycles. The second-order valence-corrected chi connectivity index (χ2v) is 4.54. The lowest BCUT2D eigenvalue weighted by Crippen LogP contribution is -2.10. The Morgan fingerprint density at radius 1 is 1.40 bits per heavy atom. The van der Waals surface area contributed by atoms with Gasteiger partial charge in [0.2, 0.25) is 5.95 Å². The van der Waals surface area contributed by atoms with E-state index in [2.05, 4.69) is 15.3 Å². The summed E-state index contributed by atoms with van der Waals surface area (Å²) in [5.41, 5.74) is 6.44. The van der Waals surface area contributed by atoms with Gasteiger partial charge in [-0.05, 0) is 30.7 Å². The van der Waals surface area contributed by atoms with Crippen molar-refractivity contribution >= 4 is 23.4 Å². The molecule has 0 unspecified atom stereocenters. The number of aromatic nitrogens is 2. The van der Waals surface area contributed by atoms with Gasteiger partial charge < -0.3 is 20.9 Å². The van der Waals surface area contributed by atoms with Crippen LogP contribution in [0.3, 0.4) is 0 Å². The van der Waals surface area contributed by atoms with E-state index in [1.165, 1.54) is 6.20 Å². The van der Waals surface area contributed by atoms with Gasteiger partial charge in [-0.1, -0.05) is 11.6 Å². The molecule has 1 aromatic heterocycles. The zero-order chi connectivity index (χ0) is 14.5. The maximum Gasteiger partial charge on any atom is 0.222 e. The predicted molar refractivity (Wildman–Crippen MR) is 78.3 cm³/mol. The van der Waals surface area contributed by atoms with Gasteiger partial charge in [-0.3, -0.25) is 0 Å². The molecule has 0 saturated heterocycles. The van der Waals surface area contributed by atoms with E-state index in [9.17, 15) is 0 Å². The number of nitrogen functional groups attached to an aromatic ring is 1. The van der Waals surface area contributed by atoms with Gasteiger partial charge in [0.15, 0.2) is 11.6 Å². The number of aryl methyl sites for hydroxylation is 1. The minimum Gasteiger partial charge on any atom is -0.452 e. The van der Waals surface area contributed by atoms with Gasteiger partial charge in [0.1, 0.15) is 5.75 Å². The molecule has 1 heterocycles. The zero-order valence-corrected chi connectivity index (χ0v) is 11.7. The zero-order valence-electron chi connectivity index (χ0n) is 10.9. The van der Waals surface area contributed by atoms with Crippen LogP contribution in [0.5, 0.6) is 11.5 Å². The Bertz CT molecular complexity index is 607. The monoisotopic (exact) mass is 294 g/mol. The fourth-order valence-electron chi connectivity index (χ4n) is 1.61. The first-order valence-electron chi connectivity index (χ1n) is 6.01. The minimum absolute atomic E-state index is 0.0245. The van der Waals surface area contributed by atoms with Crippen molar-refractivity contribution in [2.75, 3.05) is 24.2 Å². The molecule has 0 bridgehead atoms. The number of anilines is 2. The highest BCUT2D eigenvalue weighted by Gasteiger charge is 2.10. The molecule has 7 heteroatoms. The maximum absolute atomic E-state index is 8.86. The van der Waals surface area contributed by atoms with Crippen molar-refractivity contribution in [2.45, 2.75) is 6.92 Å². The molecule has 106 valence electrons. The summed E-state index contributed by atoms with van der Waals surface area (Å²) in [5, 5.41) is 12.4. The molecule has 0 saturated carbocycles. The molecule has 1 aromatic carbocycles. The minimum atomic E-state index is -0.0245. The maximum atomic E-state index is 8.86. The van der Waals surface area contributed by atoms with Crippen LogP contribution in [0.4, 0.5) is 11.8 Å². The molecule has 2 rings (SSSR count). The smallest absolute Gasteiger partial charge is 0.222 e. The Morgan fingerprint density at radius 2 is 2.20 bits per heavy atom. The number of nitrogens with one attached hydrogen (secondary N) is 1. The molecule has 0 spiro atoms. The highest BCUT2D eigenvalue weighted by molar-refractivity contribution is 6.30. The number of hydrogen-bond acceptors (Lipinski definition) is 6. The van der Waals surface area contributed by atoms with E-state index in [-0.39, 0.29) is 12.6 Å². The number of benzene rings is 1. The molecule has 0 fully saturated rings. The van der Waals surface area contributed by atoms with Crippen molar-refractivity contribution < 1.29 is 9.84 Å². The number of nitrogens with zero attached hydrogens (tertiary/aromatic N) is 2. The Hall–Kier alpha value is -2.05. The third-order valence-electron chi connectivity index (χ3n) is 2.53. The number of ether oxygens (including phenoxy) is 1. The normalized spacial score (nSPS) is 10.3. The predicted octanol–water partition coefficient (Wildman–Crippen LogP) is 2.22. The van der Waals surface area contributed by atoms with Crippen molar-refractivity contribution in [2.24, 2.45) is 0 Å². The largest absolute Gasteiger partial charge is 0.452 e. The number of halogens is 1. The average molecular weight is 295 g/mol. The van der Waals surface area contributed by atoms with Crippen LogP contribution in [0.25, 0.3) is 0 Å². The summed E-state index contributed by atoms with van der Waals surface area (Å²) >= 11 is 5.90. The fourth-order valence-corrected chi connectivity index (χ4v) is 1.83. The van der Waals surface area contributed by atoms with Gasteiger partial charge in [0.25, 0.3) is 0 Å². The van der Waals surface area contributed by atoms with Gasteiger partial charge >= 0.3 is 0 Å². The van der Waals surface area contributed by atoms with E-state index in [4.69, 9.17) is 27.2 Å². The van der Waals surface area contributed by atoms with E-state index in [0.717, 1.165) is 5.56 Å². The fraction of sp³-hybridized carbons (Fsp3) is 0.231. The molecule has 0 amide bonds. The van der Waals surface area contributed by atoms with E-state index in [0.29, 0.717) is 28.9 Å². The first kappa shape index (κ1) is 14.4. The molecule has 0 radical (unpaired) electrons. The van der Waals surface area contributed by atoms with E-state index >= 15 is 0 Å². The summed E-state index contributed by atoms with van der Waals surface area (Å²) in [6.45, 7) is 2.20. The second kappa shape index (κ2) is 6.40. The van der Waals surface area contributed by atoms with Crippen LogP contribution < -0.4 is 15.8 Å². The summed E-state index contributed by atoms with van der Waals surface area (Å²) < 4.78 is 5.76. The first-order valence-corrected chi connectivity index (χ1v) is 6.39. The quantitative estimate of drug-likeness (QED) is 0.783. The lowest BCUT2D eigenvalue weighted by atomic mass is 10.2. The lowest BCUT2D eigenvalue weighted by Gasteiger charge is -2.13. The van der Waals surface area contributed by atoms with Gasteiger partial charge in [-0.15, -0.1) is 0 Å². The van der Waals surface area contributed by atoms with Crippen LogP contribution >= 0.6 is 11.6 Å². The Labute approximate surface area is 121 Å². The van der Waals surface area contributed by atoms with E-state index in [1.807, 2.05) is 6.92 Å². The summed E-state index contributed by atoms with van der Waals surface area (Å²) in [4.78, 5) is 7.95. The number of aliphatic hydroxyl groups excluding tert-OH is 1. The summed E-state index contributed by atoms with van der Waals surface area (Å²) in [6, 6.07) is 5.31. The van der Waals surface area contributed by atoms with Crippen LogP contribution in [0, 0.1) is 6.92 Å². The van der Waals surface area contributed by atoms with Crippen LogP contribution in [-0.4, -0.2) is 28.2 Å². The lowest BCUT2D eigenvalue weighted by molar-refractivity contribution is 0.310. The van der Waals surface area contributed by atoms with Crippen molar-refractivity contribution in [3.05, 3.63) is 35.0 Å². The van der Waals surface area contributed by atoms with Crippen molar-refractivity contribution in [3.8, 4) is 11.5 Å². The number of hydrogen-bond donors (Lipinski definition) is 3. The molecule has 2 aromatic rings. The summed E-state index contributed by atoms with van der Waals surface area (Å²) in [6.07, 6.45) is 1.48. The van der Waals surface area contributed by atoms with Gasteiger partial charge in [-0.25, -0.2) is 4.98 Å². The Morgan fingerprint density at radius 3 is 2.90 bits per heavy atom. The second-order valence-electron chi connectivity index (χ2n) is 4.10. The Kier molecular flexibility index (Phi) is 4.60. The third kappa shape index (κ3) is 3.49. The average Bonchev–Trinajstić information content (AvgIpc) is 2.41. The number of aliphatic hydroxyl groups is 1. The van der Waals surface area contributed by atoms with Crippen LogP contribution in [0.2, 0.25) is 5.02 Å². The van der Waals surface area contributed by atoms with Crippen LogP contribution in [0.15, 0.2) is 24.4 Å². The third-order valence-corrected chi connectivity index (χ3v) is 2.77. The highest BCUT2D eigenvalue weighted by atomic mass is 35.5. The summed E-state index contributed by atoms with van der Waals surface area (Å²) in [5.74, 6) is 1.64.